The van der Waals surface area contributed by atoms with Crippen molar-refractivity contribution in [3.8, 4) is 0 Å². The van der Waals surface area contributed by atoms with Crippen molar-refractivity contribution >= 4 is 23.0 Å². The first-order valence-corrected chi connectivity index (χ1v) is 8.98. The molecule has 2 fully saturated rings. The number of hydrogen-bond acceptors (Lipinski definition) is 4. The first-order chi connectivity index (χ1) is 12.2. The molecule has 2 amide bonds. The van der Waals surface area contributed by atoms with Gasteiger partial charge in [-0.3, -0.25) is 4.79 Å². The van der Waals surface area contributed by atoms with Crippen LogP contribution >= 0.6 is 0 Å². The van der Waals surface area contributed by atoms with E-state index < -0.39 is 5.91 Å². The molecule has 0 saturated carbocycles. The Kier molecular flexibility index (Phi) is 4.17. The van der Waals surface area contributed by atoms with Crippen molar-refractivity contribution in [2.75, 3.05) is 26.2 Å². The van der Waals surface area contributed by atoms with E-state index in [4.69, 9.17) is 5.73 Å². The number of primary amides is 1. The molecular weight excluding hydrogens is 318 g/mol. The van der Waals surface area contributed by atoms with Crippen LogP contribution in [0.1, 0.15) is 47.8 Å². The molecule has 1 atom stereocenters. The van der Waals surface area contributed by atoms with Crippen LogP contribution in [0.5, 0.6) is 0 Å². The lowest BCUT2D eigenvalue weighted by Crippen LogP contribution is -2.34. The highest BCUT2D eigenvalue weighted by molar-refractivity contribution is 6.01. The molecule has 0 spiro atoms. The van der Waals surface area contributed by atoms with Gasteiger partial charge in [0.15, 0.2) is 0 Å². The molecule has 7 nitrogen and oxygen atoms in total. The summed E-state index contributed by atoms with van der Waals surface area (Å²) in [6.07, 6.45) is 4.16. The van der Waals surface area contributed by atoms with Gasteiger partial charge in [0, 0.05) is 19.6 Å². The van der Waals surface area contributed by atoms with Gasteiger partial charge in [-0.15, -0.1) is 0 Å². The van der Waals surface area contributed by atoms with Crippen LogP contribution in [0.4, 0.5) is 4.79 Å². The van der Waals surface area contributed by atoms with E-state index in [9.17, 15) is 9.59 Å². The maximum absolute atomic E-state index is 13.0. The van der Waals surface area contributed by atoms with Crippen LogP contribution in [0, 0.1) is 0 Å². The molecule has 132 valence electrons. The number of imidazole rings is 1. The minimum Gasteiger partial charge on any atom is -0.363 e. The van der Waals surface area contributed by atoms with E-state index in [0.717, 1.165) is 49.9 Å². The predicted octanol–water partition coefficient (Wildman–Crippen LogP) is 1.67. The summed E-state index contributed by atoms with van der Waals surface area (Å²) in [7, 11) is 0. The van der Waals surface area contributed by atoms with Crippen LogP contribution in [-0.2, 0) is 0 Å². The number of fused-ring (bicyclic) bond motifs is 1. The van der Waals surface area contributed by atoms with Crippen LogP contribution in [0.25, 0.3) is 11.0 Å². The molecule has 1 aromatic heterocycles. The average molecular weight is 341 g/mol. The normalized spacial score (nSPS) is 21.0. The number of nitrogens with two attached hydrogens (primary N) is 1. The predicted molar refractivity (Wildman–Crippen MR) is 94.7 cm³/mol. The molecule has 1 aromatic carbocycles. The van der Waals surface area contributed by atoms with E-state index in [1.54, 1.807) is 4.90 Å². The number of benzene rings is 1. The summed E-state index contributed by atoms with van der Waals surface area (Å²) in [5, 5.41) is 3.41. The maximum Gasteiger partial charge on any atom is 0.330 e. The lowest BCUT2D eigenvalue weighted by atomic mass is 9.91. The molecule has 7 heteroatoms. The fraction of sp³-hybridized carbons (Fsp3) is 0.500. The van der Waals surface area contributed by atoms with Crippen molar-refractivity contribution in [1.29, 1.82) is 0 Å². The Morgan fingerprint density at radius 2 is 2.00 bits per heavy atom. The Morgan fingerprint density at radius 1 is 1.20 bits per heavy atom. The molecule has 3 N–H and O–H groups in total. The van der Waals surface area contributed by atoms with Crippen LogP contribution < -0.4 is 11.1 Å². The molecule has 2 aliphatic heterocycles. The van der Waals surface area contributed by atoms with Crippen LogP contribution in [-0.4, -0.2) is 52.6 Å². The highest BCUT2D eigenvalue weighted by atomic mass is 16.2. The zero-order valence-electron chi connectivity index (χ0n) is 14.2. The Bertz CT molecular complexity index is 816. The van der Waals surface area contributed by atoms with E-state index in [0.29, 0.717) is 24.5 Å². The first kappa shape index (κ1) is 16.1. The summed E-state index contributed by atoms with van der Waals surface area (Å²) in [5.41, 5.74) is 8.02. The maximum atomic E-state index is 13.0. The summed E-state index contributed by atoms with van der Waals surface area (Å²) in [5.74, 6) is -0.303. The molecule has 4 rings (SSSR count). The lowest BCUT2D eigenvalue weighted by molar-refractivity contribution is 0.0986. The van der Waals surface area contributed by atoms with Gasteiger partial charge in [-0.2, -0.15) is 0 Å². The minimum atomic E-state index is -0.670. The topological polar surface area (TPSA) is 93.2 Å². The number of amides is 2. The second-order valence-electron chi connectivity index (χ2n) is 6.87. The van der Waals surface area contributed by atoms with Gasteiger partial charge >= 0.3 is 6.03 Å². The second kappa shape index (κ2) is 6.48. The van der Waals surface area contributed by atoms with Gasteiger partial charge in [0.25, 0.3) is 5.91 Å². The Labute approximate surface area is 146 Å². The summed E-state index contributed by atoms with van der Waals surface area (Å²) in [6.45, 7) is 3.34. The zero-order valence-corrected chi connectivity index (χ0v) is 14.2. The van der Waals surface area contributed by atoms with Gasteiger partial charge in [0.1, 0.15) is 0 Å². The number of rotatable bonds is 2. The van der Waals surface area contributed by atoms with Gasteiger partial charge in [-0.05, 0) is 49.8 Å². The molecule has 0 bridgehead atoms. The fourth-order valence-electron chi connectivity index (χ4n) is 3.98. The number of para-hydroxylation sites is 1. The SMILES string of the molecule is NC(=O)c1nc2c(C3CCCNC3)cccc2n1C(=O)N1CCCC1. The molecule has 0 radical (unpaired) electrons. The van der Waals surface area contributed by atoms with E-state index in [2.05, 4.69) is 10.3 Å². The van der Waals surface area contributed by atoms with Crippen molar-refractivity contribution in [2.24, 2.45) is 5.73 Å². The Balaban J connectivity index is 1.84. The second-order valence-corrected chi connectivity index (χ2v) is 6.87. The molecule has 2 aromatic rings. The van der Waals surface area contributed by atoms with E-state index in [1.807, 2.05) is 18.2 Å². The third-order valence-corrected chi connectivity index (χ3v) is 5.24. The van der Waals surface area contributed by atoms with Crippen molar-refractivity contribution in [1.82, 2.24) is 19.8 Å². The Morgan fingerprint density at radius 3 is 2.68 bits per heavy atom. The molecule has 0 aliphatic carbocycles. The molecule has 2 saturated heterocycles. The van der Waals surface area contributed by atoms with Gasteiger partial charge in [-0.1, -0.05) is 12.1 Å². The third kappa shape index (κ3) is 2.78. The van der Waals surface area contributed by atoms with E-state index in [-0.39, 0.29) is 11.9 Å². The number of hydrogen-bond donors (Lipinski definition) is 2. The third-order valence-electron chi connectivity index (χ3n) is 5.24. The highest BCUT2D eigenvalue weighted by Crippen LogP contribution is 2.30. The number of carbonyl (C=O) groups excluding carboxylic acids is 2. The highest BCUT2D eigenvalue weighted by Gasteiger charge is 2.28. The van der Waals surface area contributed by atoms with Crippen molar-refractivity contribution < 1.29 is 9.59 Å². The van der Waals surface area contributed by atoms with Crippen LogP contribution in [0.3, 0.4) is 0 Å². The number of nitrogens with zero attached hydrogens (tertiary/aromatic N) is 3. The number of carbonyl (C=O) groups is 2. The van der Waals surface area contributed by atoms with E-state index in [1.165, 1.54) is 4.57 Å². The fourth-order valence-corrected chi connectivity index (χ4v) is 3.98. The van der Waals surface area contributed by atoms with Crippen molar-refractivity contribution in [2.45, 2.75) is 31.6 Å². The molecule has 2 aliphatic rings. The largest absolute Gasteiger partial charge is 0.363 e. The number of nitrogens with one attached hydrogen (secondary N) is 1. The quantitative estimate of drug-likeness (QED) is 0.869. The first-order valence-electron chi connectivity index (χ1n) is 8.98. The summed E-state index contributed by atoms with van der Waals surface area (Å²) >= 11 is 0. The van der Waals surface area contributed by atoms with Crippen molar-refractivity contribution in [3.05, 3.63) is 29.6 Å². The van der Waals surface area contributed by atoms with Gasteiger partial charge in [-0.25, -0.2) is 14.3 Å². The minimum absolute atomic E-state index is 0.0307. The molecular formula is C18H23N5O2. The van der Waals surface area contributed by atoms with Crippen LogP contribution in [0.15, 0.2) is 18.2 Å². The van der Waals surface area contributed by atoms with Gasteiger partial charge in [0.05, 0.1) is 11.0 Å². The molecule has 1 unspecified atom stereocenters. The molecule has 25 heavy (non-hydrogen) atoms. The average Bonchev–Trinajstić information content (AvgIpc) is 3.29. The monoisotopic (exact) mass is 341 g/mol. The number of likely N-dealkylation sites (tertiary alicyclic amines) is 1. The van der Waals surface area contributed by atoms with Gasteiger partial charge in [0.2, 0.25) is 5.82 Å². The van der Waals surface area contributed by atoms with Gasteiger partial charge < -0.3 is 16.0 Å². The smallest absolute Gasteiger partial charge is 0.330 e. The molecule has 3 heterocycles. The summed E-state index contributed by atoms with van der Waals surface area (Å²) in [4.78, 5) is 31.2. The van der Waals surface area contributed by atoms with Crippen molar-refractivity contribution in [3.63, 3.8) is 0 Å². The standard InChI is InChI=1S/C18H23N5O2/c19-16(24)17-21-15-13(12-5-4-8-20-11-12)6-3-7-14(15)23(17)18(25)22-9-1-2-10-22/h3,6-7,12,20H,1-2,4-5,8-11H2,(H2,19,24). The number of aromatic nitrogens is 2. The summed E-state index contributed by atoms with van der Waals surface area (Å²) < 4.78 is 1.41. The van der Waals surface area contributed by atoms with Crippen LogP contribution in [0.2, 0.25) is 0 Å². The zero-order chi connectivity index (χ0) is 17.4. The number of piperidine rings is 1. The summed E-state index contributed by atoms with van der Waals surface area (Å²) in [6, 6.07) is 5.63. The van der Waals surface area contributed by atoms with E-state index >= 15 is 0 Å². The Hall–Kier alpha value is -2.41. The lowest BCUT2D eigenvalue weighted by Gasteiger charge is -2.23.